The van der Waals surface area contributed by atoms with Crippen LogP contribution in [0.3, 0.4) is 0 Å². The molecule has 14 heavy (non-hydrogen) atoms. The Hall–Kier alpha value is -1.54. The fourth-order valence-corrected chi connectivity index (χ4v) is 0.834. The van der Waals surface area contributed by atoms with Crippen LogP contribution in [0.15, 0.2) is 18.2 Å². The molecule has 0 atom stereocenters. The maximum atomic E-state index is 11.8. The smallest absolute Gasteiger partial charge is 0.387 e. The van der Waals surface area contributed by atoms with E-state index in [0.717, 1.165) is 0 Å². The van der Waals surface area contributed by atoms with Crippen LogP contribution in [0.25, 0.3) is 0 Å². The van der Waals surface area contributed by atoms with Gasteiger partial charge in [-0.15, -0.1) is 12.4 Å². The average molecular weight is 221 g/mol. The van der Waals surface area contributed by atoms with E-state index in [0.29, 0.717) is 5.69 Å². The zero-order valence-electron chi connectivity index (χ0n) is 6.91. The molecule has 0 fully saturated rings. The first-order valence-electron chi connectivity index (χ1n) is 3.38. The summed E-state index contributed by atoms with van der Waals surface area (Å²) in [6.45, 7) is -2.93. The Balaban J connectivity index is 0.00000169. The van der Waals surface area contributed by atoms with Crippen LogP contribution in [0.5, 0.6) is 5.75 Å². The first kappa shape index (κ1) is 12.5. The molecule has 0 heterocycles. The number of hydrogen-bond donors (Lipinski definition) is 1. The summed E-state index contributed by atoms with van der Waals surface area (Å²) in [6.07, 6.45) is 0. The maximum Gasteiger partial charge on any atom is 0.387 e. The van der Waals surface area contributed by atoms with Gasteiger partial charge in [0.1, 0.15) is 11.8 Å². The van der Waals surface area contributed by atoms with Crippen LogP contribution in [-0.2, 0) is 0 Å². The van der Waals surface area contributed by atoms with Gasteiger partial charge >= 0.3 is 6.61 Å². The van der Waals surface area contributed by atoms with Gasteiger partial charge in [-0.25, -0.2) is 0 Å². The lowest BCUT2D eigenvalue weighted by molar-refractivity contribution is -0.0500. The average Bonchev–Trinajstić information content (AvgIpc) is 2.07. The molecule has 0 aliphatic heterocycles. The quantitative estimate of drug-likeness (QED) is 0.777. The molecule has 0 spiro atoms. The van der Waals surface area contributed by atoms with Gasteiger partial charge in [0, 0.05) is 5.69 Å². The predicted molar refractivity (Wildman–Crippen MR) is 49.4 cm³/mol. The highest BCUT2D eigenvalue weighted by Crippen LogP contribution is 2.21. The third-order valence-corrected chi connectivity index (χ3v) is 1.34. The van der Waals surface area contributed by atoms with Crippen molar-refractivity contribution in [2.24, 2.45) is 0 Å². The van der Waals surface area contributed by atoms with Gasteiger partial charge in [0.25, 0.3) is 0 Å². The Bertz CT molecular complexity index is 352. The molecule has 0 unspecified atom stereocenters. The largest absolute Gasteiger partial charge is 0.433 e. The molecular formula is C8H7ClF2N2O. The molecule has 2 N–H and O–H groups in total. The number of ether oxygens (including phenoxy) is 1. The minimum atomic E-state index is -2.93. The summed E-state index contributed by atoms with van der Waals surface area (Å²) in [4.78, 5) is 0. The Labute approximate surface area is 85.5 Å². The van der Waals surface area contributed by atoms with Gasteiger partial charge in [0.15, 0.2) is 0 Å². The summed E-state index contributed by atoms with van der Waals surface area (Å²) < 4.78 is 27.6. The zero-order valence-corrected chi connectivity index (χ0v) is 7.72. The maximum absolute atomic E-state index is 11.8. The van der Waals surface area contributed by atoms with Gasteiger partial charge < -0.3 is 10.5 Å². The predicted octanol–water partition coefficient (Wildman–Crippen LogP) is 2.16. The van der Waals surface area contributed by atoms with E-state index >= 15 is 0 Å². The Morgan fingerprint density at radius 2 is 2.07 bits per heavy atom. The van der Waals surface area contributed by atoms with Crippen LogP contribution in [0.1, 0.15) is 5.56 Å². The Morgan fingerprint density at radius 3 is 2.57 bits per heavy atom. The number of nitrogens with two attached hydrogens (primary N) is 1. The van der Waals surface area contributed by atoms with Crippen molar-refractivity contribution < 1.29 is 13.5 Å². The van der Waals surface area contributed by atoms with Crippen molar-refractivity contribution in [2.75, 3.05) is 5.73 Å². The lowest BCUT2D eigenvalue weighted by Crippen LogP contribution is -2.03. The molecule has 0 amide bonds. The molecule has 1 aromatic carbocycles. The van der Waals surface area contributed by atoms with Crippen LogP contribution < -0.4 is 10.5 Å². The van der Waals surface area contributed by atoms with Crippen LogP contribution in [0.2, 0.25) is 0 Å². The van der Waals surface area contributed by atoms with E-state index in [9.17, 15) is 8.78 Å². The fraction of sp³-hybridized carbons (Fsp3) is 0.125. The molecule has 0 aromatic heterocycles. The highest BCUT2D eigenvalue weighted by Gasteiger charge is 2.08. The first-order valence-corrected chi connectivity index (χ1v) is 3.38. The van der Waals surface area contributed by atoms with Crippen molar-refractivity contribution in [1.82, 2.24) is 0 Å². The summed E-state index contributed by atoms with van der Waals surface area (Å²) >= 11 is 0. The van der Waals surface area contributed by atoms with Gasteiger partial charge in [-0.2, -0.15) is 14.0 Å². The molecule has 3 nitrogen and oxygen atoms in total. The van der Waals surface area contributed by atoms with Crippen LogP contribution in [-0.4, -0.2) is 6.61 Å². The molecule has 0 aliphatic carbocycles. The molecule has 0 saturated carbocycles. The Kier molecular flexibility index (Phi) is 4.67. The van der Waals surface area contributed by atoms with Crippen molar-refractivity contribution in [3.05, 3.63) is 23.8 Å². The third kappa shape index (κ3) is 3.07. The molecule has 0 bridgehead atoms. The number of rotatable bonds is 2. The lowest BCUT2D eigenvalue weighted by atomic mass is 10.2. The highest BCUT2D eigenvalue weighted by atomic mass is 35.5. The summed E-state index contributed by atoms with van der Waals surface area (Å²) in [6, 6.07) is 5.60. The van der Waals surface area contributed by atoms with Gasteiger partial charge in [0.2, 0.25) is 0 Å². The van der Waals surface area contributed by atoms with Crippen molar-refractivity contribution >= 4 is 18.1 Å². The van der Waals surface area contributed by atoms with E-state index < -0.39 is 6.61 Å². The molecule has 0 aliphatic rings. The lowest BCUT2D eigenvalue weighted by Gasteiger charge is -2.05. The second kappa shape index (κ2) is 5.25. The monoisotopic (exact) mass is 220 g/mol. The van der Waals surface area contributed by atoms with E-state index in [4.69, 9.17) is 11.0 Å². The van der Waals surface area contributed by atoms with Gasteiger partial charge in [-0.05, 0) is 18.2 Å². The first-order chi connectivity index (χ1) is 6.13. The number of benzene rings is 1. The number of anilines is 1. The number of nitrogens with zero attached hydrogens (tertiary/aromatic N) is 1. The highest BCUT2D eigenvalue weighted by molar-refractivity contribution is 5.85. The standard InChI is InChI=1S/C8H6F2N2O.ClH/c9-8(10)13-7-2-1-6(12)3-5(7)4-11;/h1-3,8H,12H2;1H. The number of alkyl halides is 2. The zero-order chi connectivity index (χ0) is 9.84. The van der Waals surface area contributed by atoms with E-state index in [2.05, 4.69) is 4.74 Å². The van der Waals surface area contributed by atoms with Gasteiger partial charge in [-0.1, -0.05) is 0 Å². The van der Waals surface area contributed by atoms with Crippen LogP contribution in [0, 0.1) is 11.3 Å². The summed E-state index contributed by atoms with van der Waals surface area (Å²) in [7, 11) is 0. The molecule has 6 heteroatoms. The second-order valence-electron chi connectivity index (χ2n) is 2.25. The SMILES string of the molecule is Cl.N#Cc1cc(N)ccc1OC(F)F. The number of nitriles is 1. The number of nitrogen functional groups attached to an aromatic ring is 1. The normalized spacial score (nSPS) is 9.00. The van der Waals surface area contributed by atoms with E-state index in [-0.39, 0.29) is 23.7 Å². The molecule has 1 aromatic rings. The summed E-state index contributed by atoms with van der Waals surface area (Å²) in [5, 5.41) is 8.53. The third-order valence-electron chi connectivity index (χ3n) is 1.34. The fourth-order valence-electron chi connectivity index (χ4n) is 0.834. The number of hydrogen-bond acceptors (Lipinski definition) is 3. The minimum absolute atomic E-state index is 0. The van der Waals surface area contributed by atoms with Crippen molar-refractivity contribution in [3.8, 4) is 11.8 Å². The Morgan fingerprint density at radius 1 is 1.43 bits per heavy atom. The second-order valence-corrected chi connectivity index (χ2v) is 2.25. The summed E-state index contributed by atoms with van der Waals surface area (Å²) in [5.74, 6) is -0.160. The molecular weight excluding hydrogens is 214 g/mol. The van der Waals surface area contributed by atoms with E-state index in [1.807, 2.05) is 0 Å². The molecule has 0 radical (unpaired) electrons. The van der Waals surface area contributed by atoms with E-state index in [1.165, 1.54) is 18.2 Å². The molecule has 76 valence electrons. The van der Waals surface area contributed by atoms with Crippen molar-refractivity contribution in [3.63, 3.8) is 0 Å². The summed E-state index contributed by atoms with van der Waals surface area (Å²) in [5.41, 5.74) is 5.67. The topological polar surface area (TPSA) is 59.0 Å². The molecule has 1 rings (SSSR count). The van der Waals surface area contributed by atoms with Gasteiger partial charge in [0.05, 0.1) is 5.56 Å². The van der Waals surface area contributed by atoms with Crippen molar-refractivity contribution in [1.29, 1.82) is 5.26 Å². The minimum Gasteiger partial charge on any atom is -0.433 e. The number of halogens is 3. The van der Waals surface area contributed by atoms with Crippen molar-refractivity contribution in [2.45, 2.75) is 6.61 Å². The van der Waals surface area contributed by atoms with E-state index in [1.54, 1.807) is 6.07 Å². The van der Waals surface area contributed by atoms with Crippen LogP contribution in [0.4, 0.5) is 14.5 Å². The van der Waals surface area contributed by atoms with Gasteiger partial charge in [-0.3, -0.25) is 0 Å². The molecule has 0 saturated heterocycles. The van der Waals surface area contributed by atoms with Crippen LogP contribution >= 0.6 is 12.4 Å².